The van der Waals surface area contributed by atoms with E-state index in [2.05, 4.69) is 35.4 Å². The van der Waals surface area contributed by atoms with Gasteiger partial charge in [-0.2, -0.15) is 0 Å². The second-order valence-corrected chi connectivity index (χ2v) is 5.67. The first-order valence-corrected chi connectivity index (χ1v) is 8.20. The maximum atomic E-state index is 5.80. The van der Waals surface area contributed by atoms with Gasteiger partial charge in [0.15, 0.2) is 5.79 Å². The Hall–Kier alpha value is -1.32. The van der Waals surface area contributed by atoms with Crippen molar-refractivity contribution in [2.24, 2.45) is 0 Å². The number of H-pyrrole nitrogens is 1. The van der Waals surface area contributed by atoms with Crippen LogP contribution in [0.3, 0.4) is 0 Å². The van der Waals surface area contributed by atoms with E-state index < -0.39 is 0 Å². The van der Waals surface area contributed by atoms with Crippen LogP contribution in [0, 0.1) is 0 Å². The maximum absolute atomic E-state index is 5.80. The lowest BCUT2D eigenvalue weighted by Crippen LogP contribution is -2.34. The number of rotatable bonds is 1. The zero-order valence-corrected chi connectivity index (χ0v) is 13.0. The van der Waals surface area contributed by atoms with Crippen LogP contribution in [0.1, 0.15) is 51.0 Å². The summed E-state index contributed by atoms with van der Waals surface area (Å²) in [5, 5.41) is 1.37. The monoisotopic (exact) mass is 287 g/mol. The third kappa shape index (κ3) is 2.72. The molecule has 1 saturated carbocycles. The second-order valence-electron chi connectivity index (χ2n) is 5.67. The Bertz CT molecular complexity index is 574. The van der Waals surface area contributed by atoms with Crippen LogP contribution in [0.5, 0.6) is 0 Å². The number of benzene rings is 1. The molecular formula is C18H25NO2. The highest BCUT2D eigenvalue weighted by Crippen LogP contribution is 2.43. The van der Waals surface area contributed by atoms with Gasteiger partial charge in [-0.15, -0.1) is 0 Å². The molecule has 0 atom stereocenters. The molecule has 0 radical (unpaired) electrons. The fraction of sp³-hybridized carbons (Fsp3) is 0.556. The van der Waals surface area contributed by atoms with Crippen molar-refractivity contribution in [2.45, 2.75) is 51.2 Å². The maximum Gasteiger partial charge on any atom is 0.168 e. The quantitative estimate of drug-likeness (QED) is 0.832. The van der Waals surface area contributed by atoms with Gasteiger partial charge in [-0.25, -0.2) is 0 Å². The standard InChI is InChI=1S/C16H19NO2.C2H6/c1-2-4-15-13(3-1)14(11-17-15)12-5-7-16(8-6-12)18-9-10-19-16;1-2/h1-4,11-12,17H,5-10H2;1-2H3. The van der Waals surface area contributed by atoms with Crippen molar-refractivity contribution in [3.8, 4) is 0 Å². The first kappa shape index (κ1) is 14.6. The molecule has 21 heavy (non-hydrogen) atoms. The van der Waals surface area contributed by atoms with Gasteiger partial charge in [-0.1, -0.05) is 32.0 Å². The first-order chi connectivity index (χ1) is 10.4. The Kier molecular flexibility index (Phi) is 4.32. The van der Waals surface area contributed by atoms with E-state index in [1.807, 2.05) is 13.8 Å². The molecule has 1 spiro atoms. The number of aromatic nitrogens is 1. The van der Waals surface area contributed by atoms with E-state index in [4.69, 9.17) is 9.47 Å². The van der Waals surface area contributed by atoms with Crippen LogP contribution in [0.2, 0.25) is 0 Å². The highest BCUT2D eigenvalue weighted by molar-refractivity contribution is 5.83. The van der Waals surface area contributed by atoms with Crippen molar-refractivity contribution in [3.63, 3.8) is 0 Å². The summed E-state index contributed by atoms with van der Waals surface area (Å²) in [7, 11) is 0. The van der Waals surface area contributed by atoms with Crippen LogP contribution in [0.15, 0.2) is 30.5 Å². The smallest absolute Gasteiger partial charge is 0.168 e. The average molecular weight is 287 g/mol. The summed E-state index contributed by atoms with van der Waals surface area (Å²) in [6, 6.07) is 8.56. The Balaban J connectivity index is 0.000000636. The molecule has 3 heteroatoms. The summed E-state index contributed by atoms with van der Waals surface area (Å²) in [6.45, 7) is 5.52. The predicted octanol–water partition coefficient (Wildman–Crippen LogP) is 4.59. The van der Waals surface area contributed by atoms with Crippen LogP contribution in [-0.2, 0) is 9.47 Å². The molecule has 114 valence electrons. The molecule has 0 amide bonds. The Labute approximate surface area is 126 Å². The summed E-state index contributed by atoms with van der Waals surface area (Å²) in [5.74, 6) is 0.386. The van der Waals surface area contributed by atoms with Gasteiger partial charge in [-0.3, -0.25) is 0 Å². The molecule has 3 nitrogen and oxygen atoms in total. The predicted molar refractivity (Wildman–Crippen MR) is 85.5 cm³/mol. The van der Waals surface area contributed by atoms with E-state index in [1.54, 1.807) is 0 Å². The van der Waals surface area contributed by atoms with Crippen LogP contribution >= 0.6 is 0 Å². The number of fused-ring (bicyclic) bond motifs is 1. The van der Waals surface area contributed by atoms with Gasteiger partial charge in [0.1, 0.15) is 0 Å². The SMILES string of the molecule is CC.c1ccc2c(C3CCC4(CC3)OCCO4)c[nH]c2c1. The lowest BCUT2D eigenvalue weighted by atomic mass is 9.81. The highest BCUT2D eigenvalue weighted by atomic mass is 16.7. The minimum Gasteiger partial charge on any atom is -0.361 e. The van der Waals surface area contributed by atoms with Gasteiger partial charge >= 0.3 is 0 Å². The molecular weight excluding hydrogens is 262 g/mol. The molecule has 1 aliphatic carbocycles. The van der Waals surface area contributed by atoms with Crippen LogP contribution in [-0.4, -0.2) is 24.0 Å². The Morgan fingerprint density at radius 2 is 1.71 bits per heavy atom. The summed E-state index contributed by atoms with van der Waals surface area (Å²) in [5.41, 5.74) is 2.70. The van der Waals surface area contributed by atoms with Gasteiger partial charge in [-0.05, 0) is 30.4 Å². The molecule has 1 aromatic carbocycles. The van der Waals surface area contributed by atoms with Crippen LogP contribution < -0.4 is 0 Å². The molecule has 2 heterocycles. The number of nitrogens with one attached hydrogen (secondary N) is 1. The van der Waals surface area contributed by atoms with Gasteiger partial charge in [0.05, 0.1) is 13.2 Å². The number of ether oxygens (including phenoxy) is 2. The molecule has 1 saturated heterocycles. The summed E-state index contributed by atoms with van der Waals surface area (Å²) in [6.07, 6.45) is 6.54. The third-order valence-electron chi connectivity index (χ3n) is 4.62. The molecule has 4 rings (SSSR count). The molecule has 0 bridgehead atoms. The van der Waals surface area contributed by atoms with Gasteiger partial charge in [0, 0.05) is 29.9 Å². The molecule has 2 aromatic rings. The zero-order valence-electron chi connectivity index (χ0n) is 13.0. The lowest BCUT2D eigenvalue weighted by Gasteiger charge is -2.35. The van der Waals surface area contributed by atoms with Crippen molar-refractivity contribution < 1.29 is 9.47 Å². The average Bonchev–Trinajstić information content (AvgIpc) is 3.18. The summed E-state index contributed by atoms with van der Waals surface area (Å²) < 4.78 is 11.6. The number of para-hydroxylation sites is 1. The van der Waals surface area contributed by atoms with E-state index in [9.17, 15) is 0 Å². The van der Waals surface area contributed by atoms with E-state index in [1.165, 1.54) is 16.5 Å². The van der Waals surface area contributed by atoms with Gasteiger partial charge in [0.25, 0.3) is 0 Å². The summed E-state index contributed by atoms with van der Waals surface area (Å²) >= 11 is 0. The number of hydrogen-bond acceptors (Lipinski definition) is 2. The molecule has 1 N–H and O–H groups in total. The minimum absolute atomic E-state index is 0.247. The number of aromatic amines is 1. The molecule has 1 aromatic heterocycles. The molecule has 2 aliphatic rings. The Morgan fingerprint density at radius 1 is 1.05 bits per heavy atom. The molecule has 2 fully saturated rings. The lowest BCUT2D eigenvalue weighted by molar-refractivity contribution is -0.178. The van der Waals surface area contributed by atoms with Crippen molar-refractivity contribution in [2.75, 3.05) is 13.2 Å². The van der Waals surface area contributed by atoms with E-state index in [0.717, 1.165) is 38.9 Å². The fourth-order valence-corrected chi connectivity index (χ4v) is 3.59. The minimum atomic E-state index is -0.247. The second kappa shape index (κ2) is 6.20. The van der Waals surface area contributed by atoms with Crippen LogP contribution in [0.25, 0.3) is 10.9 Å². The highest BCUT2D eigenvalue weighted by Gasteiger charge is 2.40. The van der Waals surface area contributed by atoms with Gasteiger partial charge in [0.2, 0.25) is 0 Å². The van der Waals surface area contributed by atoms with E-state index in [0.29, 0.717) is 5.92 Å². The fourth-order valence-electron chi connectivity index (χ4n) is 3.59. The third-order valence-corrected chi connectivity index (χ3v) is 4.62. The zero-order chi connectivity index (χ0) is 14.7. The van der Waals surface area contributed by atoms with Crippen molar-refractivity contribution >= 4 is 10.9 Å². The number of hydrogen-bond donors (Lipinski definition) is 1. The topological polar surface area (TPSA) is 34.2 Å². The van der Waals surface area contributed by atoms with E-state index in [-0.39, 0.29) is 5.79 Å². The first-order valence-electron chi connectivity index (χ1n) is 8.20. The van der Waals surface area contributed by atoms with E-state index >= 15 is 0 Å². The van der Waals surface area contributed by atoms with Crippen molar-refractivity contribution in [1.29, 1.82) is 0 Å². The van der Waals surface area contributed by atoms with Gasteiger partial charge < -0.3 is 14.5 Å². The molecule has 0 unspecified atom stereocenters. The Morgan fingerprint density at radius 3 is 2.43 bits per heavy atom. The van der Waals surface area contributed by atoms with Crippen molar-refractivity contribution in [1.82, 2.24) is 4.98 Å². The van der Waals surface area contributed by atoms with Crippen LogP contribution in [0.4, 0.5) is 0 Å². The largest absolute Gasteiger partial charge is 0.361 e. The normalized spacial score (nSPS) is 21.4. The van der Waals surface area contributed by atoms with Crippen molar-refractivity contribution in [3.05, 3.63) is 36.0 Å². The molecule has 1 aliphatic heterocycles. The summed E-state index contributed by atoms with van der Waals surface area (Å²) in [4.78, 5) is 3.38.